The first kappa shape index (κ1) is 24.4. The van der Waals surface area contributed by atoms with E-state index in [4.69, 9.17) is 4.74 Å². The molecular formula is C24H34FN5O4. The second-order valence-corrected chi connectivity index (χ2v) is 9.75. The molecule has 0 saturated carbocycles. The van der Waals surface area contributed by atoms with Crippen LogP contribution >= 0.6 is 0 Å². The zero-order valence-electron chi connectivity index (χ0n) is 20.1. The van der Waals surface area contributed by atoms with Crippen LogP contribution in [0.15, 0.2) is 24.3 Å². The highest BCUT2D eigenvalue weighted by atomic mass is 19.1. The molecule has 3 fully saturated rings. The zero-order chi connectivity index (χ0) is 24.4. The number of likely N-dealkylation sites (N-methyl/N-ethyl adjacent to an activating group) is 1. The molecule has 0 radical (unpaired) electrons. The summed E-state index contributed by atoms with van der Waals surface area (Å²) < 4.78 is 19.0. The number of piperazine rings is 1. The highest BCUT2D eigenvalue weighted by Gasteiger charge is 2.51. The molecule has 0 bridgehead atoms. The quantitative estimate of drug-likeness (QED) is 0.678. The Hall–Kier alpha value is -2.72. The van der Waals surface area contributed by atoms with Gasteiger partial charge < -0.3 is 19.9 Å². The average Bonchev–Trinajstić information content (AvgIpc) is 3.29. The predicted octanol–water partition coefficient (Wildman–Crippen LogP) is 1.79. The summed E-state index contributed by atoms with van der Waals surface area (Å²) in [6.45, 7) is 5.65. The summed E-state index contributed by atoms with van der Waals surface area (Å²) in [7, 11) is 1.70. The van der Waals surface area contributed by atoms with Gasteiger partial charge in [-0.25, -0.2) is 19.2 Å². The summed E-state index contributed by atoms with van der Waals surface area (Å²) in [5.41, 5.74) is 0.763. The minimum Gasteiger partial charge on any atom is -0.376 e. The van der Waals surface area contributed by atoms with Crippen molar-refractivity contribution in [2.24, 2.45) is 5.92 Å². The van der Waals surface area contributed by atoms with E-state index in [9.17, 15) is 18.8 Å². The Kier molecular flexibility index (Phi) is 7.37. The van der Waals surface area contributed by atoms with Crippen molar-refractivity contribution in [3.8, 4) is 0 Å². The fourth-order valence-electron chi connectivity index (χ4n) is 5.04. The molecule has 1 aromatic carbocycles. The van der Waals surface area contributed by atoms with Crippen LogP contribution in [0.5, 0.6) is 0 Å². The number of carbonyl (C=O) groups is 3. The lowest BCUT2D eigenvalue weighted by Gasteiger charge is -2.54. The lowest BCUT2D eigenvalue weighted by Crippen LogP contribution is -2.76. The number of carbonyl (C=O) groups excluding carboxylic acids is 3. The molecule has 4 rings (SSSR count). The minimum atomic E-state index is -0.617. The van der Waals surface area contributed by atoms with Crippen LogP contribution in [0.1, 0.15) is 38.7 Å². The Bertz CT molecular complexity index is 905. The van der Waals surface area contributed by atoms with E-state index in [0.29, 0.717) is 19.6 Å². The van der Waals surface area contributed by atoms with Gasteiger partial charge >= 0.3 is 6.03 Å². The highest BCUT2D eigenvalue weighted by molar-refractivity contribution is 5.91. The Balaban J connectivity index is 1.56. The van der Waals surface area contributed by atoms with Gasteiger partial charge in [0.05, 0.1) is 19.2 Å². The van der Waals surface area contributed by atoms with Gasteiger partial charge in [-0.1, -0.05) is 26.0 Å². The lowest BCUT2D eigenvalue weighted by molar-refractivity contribution is -0.189. The van der Waals surface area contributed by atoms with Gasteiger partial charge in [0.25, 0.3) is 0 Å². The number of hydrogen-bond donors (Lipinski definition) is 1. The molecule has 3 heterocycles. The first-order chi connectivity index (χ1) is 16.2. The molecule has 9 nitrogen and oxygen atoms in total. The van der Waals surface area contributed by atoms with Crippen molar-refractivity contribution < 1.29 is 23.5 Å². The third kappa shape index (κ3) is 5.17. The number of ether oxygens (including phenoxy) is 1. The van der Waals surface area contributed by atoms with Crippen molar-refractivity contribution in [3.63, 3.8) is 0 Å². The van der Waals surface area contributed by atoms with E-state index in [0.717, 1.165) is 18.4 Å². The molecule has 0 aliphatic carbocycles. The number of nitrogens with zero attached hydrogens (tertiary/aromatic N) is 4. The van der Waals surface area contributed by atoms with E-state index in [1.807, 2.05) is 13.8 Å². The van der Waals surface area contributed by atoms with Crippen LogP contribution in [0.3, 0.4) is 0 Å². The van der Waals surface area contributed by atoms with E-state index in [1.54, 1.807) is 34.0 Å². The van der Waals surface area contributed by atoms with E-state index in [2.05, 4.69) is 5.32 Å². The Morgan fingerprint density at radius 2 is 1.97 bits per heavy atom. The Morgan fingerprint density at radius 1 is 1.24 bits per heavy atom. The fraction of sp³-hybridized carbons (Fsp3) is 0.625. The summed E-state index contributed by atoms with van der Waals surface area (Å²) in [5.74, 6) is -0.379. The van der Waals surface area contributed by atoms with Crippen LogP contribution in [-0.4, -0.2) is 89.3 Å². The van der Waals surface area contributed by atoms with Gasteiger partial charge in [-0.05, 0) is 42.9 Å². The van der Waals surface area contributed by atoms with E-state index >= 15 is 0 Å². The summed E-state index contributed by atoms with van der Waals surface area (Å²) >= 11 is 0. The summed E-state index contributed by atoms with van der Waals surface area (Å²) in [6.07, 6.45) is 1.76. The molecule has 4 amide bonds. The van der Waals surface area contributed by atoms with Crippen LogP contribution in [0, 0.1) is 11.7 Å². The number of hydrazine groups is 1. The van der Waals surface area contributed by atoms with Gasteiger partial charge in [0.2, 0.25) is 11.8 Å². The van der Waals surface area contributed by atoms with E-state index in [1.165, 1.54) is 17.1 Å². The van der Waals surface area contributed by atoms with Crippen molar-refractivity contribution in [2.75, 3.05) is 33.3 Å². The molecule has 1 N–H and O–H groups in total. The van der Waals surface area contributed by atoms with Crippen LogP contribution in [0.25, 0.3) is 0 Å². The van der Waals surface area contributed by atoms with Gasteiger partial charge in [-0.2, -0.15) is 0 Å². The van der Waals surface area contributed by atoms with Crippen molar-refractivity contribution in [3.05, 3.63) is 35.6 Å². The number of fused-ring (bicyclic) bond motifs is 1. The molecule has 186 valence electrons. The van der Waals surface area contributed by atoms with Gasteiger partial charge in [0.15, 0.2) is 0 Å². The molecule has 34 heavy (non-hydrogen) atoms. The van der Waals surface area contributed by atoms with Crippen LogP contribution in [-0.2, 0) is 20.9 Å². The van der Waals surface area contributed by atoms with Gasteiger partial charge in [0.1, 0.15) is 18.0 Å². The Morgan fingerprint density at radius 3 is 2.62 bits per heavy atom. The topological polar surface area (TPSA) is 85.4 Å². The highest BCUT2D eigenvalue weighted by Crippen LogP contribution is 2.29. The van der Waals surface area contributed by atoms with Crippen molar-refractivity contribution in [1.29, 1.82) is 0 Å². The van der Waals surface area contributed by atoms with Crippen LogP contribution < -0.4 is 5.32 Å². The maximum atomic E-state index is 13.5. The van der Waals surface area contributed by atoms with Crippen molar-refractivity contribution in [1.82, 2.24) is 25.1 Å². The molecular weight excluding hydrogens is 441 g/mol. The molecule has 1 unspecified atom stereocenters. The van der Waals surface area contributed by atoms with E-state index in [-0.39, 0.29) is 55.3 Å². The second-order valence-electron chi connectivity index (χ2n) is 9.75. The minimum absolute atomic E-state index is 0.00802. The van der Waals surface area contributed by atoms with Crippen LogP contribution in [0.2, 0.25) is 0 Å². The molecule has 0 aromatic heterocycles. The molecule has 3 aliphatic heterocycles. The number of nitrogens with one attached hydrogen (secondary N) is 1. The molecule has 3 aliphatic rings. The molecule has 3 saturated heterocycles. The average molecular weight is 476 g/mol. The molecule has 10 heteroatoms. The smallest absolute Gasteiger partial charge is 0.334 e. The number of benzene rings is 1. The van der Waals surface area contributed by atoms with Gasteiger partial charge in [0, 0.05) is 26.7 Å². The lowest BCUT2D eigenvalue weighted by atomic mass is 9.97. The predicted molar refractivity (Wildman–Crippen MR) is 123 cm³/mol. The molecule has 1 aromatic rings. The number of urea groups is 1. The zero-order valence-corrected chi connectivity index (χ0v) is 20.1. The monoisotopic (exact) mass is 475 g/mol. The number of hydrogen-bond acceptors (Lipinski definition) is 5. The number of halogens is 1. The Labute approximate surface area is 199 Å². The van der Waals surface area contributed by atoms with Crippen molar-refractivity contribution >= 4 is 17.8 Å². The normalized spacial score (nSPS) is 25.8. The van der Waals surface area contributed by atoms with E-state index < -0.39 is 12.2 Å². The first-order valence-corrected chi connectivity index (χ1v) is 12.0. The standard InChI is InChI=1S/C24H34FN5O4/c1-16(2)11-20-23(32)28(13-19-5-4-10-34-19)14-21-29(20)22(31)15-27(3)30(21)24(33)26-12-17-6-8-18(25)9-7-17/h6-9,16,19-21H,4-5,10-15H2,1-3H3,(H,26,33)/t19?,20-,21-/m0/s1. The molecule has 3 atom stereocenters. The summed E-state index contributed by atoms with van der Waals surface area (Å²) in [6, 6.07) is 4.94. The SMILES string of the molecule is CC(C)C[C@H]1C(=O)N(CC2CCCO2)C[C@H]2N1C(=O)CN(C)N2C(=O)NCc1ccc(F)cc1. The number of amides is 4. The van der Waals surface area contributed by atoms with Gasteiger partial charge in [-0.15, -0.1) is 0 Å². The third-order valence-electron chi connectivity index (χ3n) is 6.65. The third-order valence-corrected chi connectivity index (χ3v) is 6.65. The van der Waals surface area contributed by atoms with Gasteiger partial charge in [-0.3, -0.25) is 9.59 Å². The van der Waals surface area contributed by atoms with Crippen LogP contribution in [0.4, 0.5) is 9.18 Å². The summed E-state index contributed by atoms with van der Waals surface area (Å²) in [4.78, 5) is 43.2. The molecule has 0 spiro atoms. The largest absolute Gasteiger partial charge is 0.376 e. The maximum absolute atomic E-state index is 13.5. The first-order valence-electron chi connectivity index (χ1n) is 12.0. The van der Waals surface area contributed by atoms with Crippen molar-refractivity contribution in [2.45, 2.75) is 58.0 Å². The fourth-order valence-corrected chi connectivity index (χ4v) is 5.04. The summed E-state index contributed by atoms with van der Waals surface area (Å²) in [5, 5.41) is 6.02. The number of rotatable bonds is 6. The maximum Gasteiger partial charge on any atom is 0.334 e. The second kappa shape index (κ2) is 10.3.